The molecule has 28 heavy (non-hydrogen) atoms. The molecule has 0 fully saturated rings. The number of hydrogen-bond acceptors (Lipinski definition) is 6. The predicted octanol–water partition coefficient (Wildman–Crippen LogP) is 4.46. The molecule has 1 aromatic heterocycles. The van der Waals surface area contributed by atoms with Crippen LogP contribution in [0.4, 0.5) is 13.2 Å². The number of pyridine rings is 1. The Morgan fingerprint density at radius 1 is 1.07 bits per heavy atom. The van der Waals surface area contributed by atoms with E-state index in [9.17, 15) is 18.0 Å². The van der Waals surface area contributed by atoms with Gasteiger partial charge in [0.1, 0.15) is 11.5 Å². The van der Waals surface area contributed by atoms with Crippen LogP contribution in [0.1, 0.15) is 26.3 Å². The van der Waals surface area contributed by atoms with Crippen molar-refractivity contribution < 1.29 is 32.3 Å². The minimum Gasteiger partial charge on any atom is -0.479 e. The van der Waals surface area contributed by atoms with Crippen LogP contribution in [0.2, 0.25) is 0 Å². The average molecular weight is 398 g/mol. The van der Waals surface area contributed by atoms with Gasteiger partial charge in [0, 0.05) is 25.4 Å². The molecule has 152 valence electrons. The van der Waals surface area contributed by atoms with Crippen molar-refractivity contribution in [2.75, 3.05) is 13.1 Å². The van der Waals surface area contributed by atoms with Crippen molar-refractivity contribution in [3.63, 3.8) is 0 Å². The number of nitrogens with zero attached hydrogens (tertiary/aromatic N) is 2. The summed E-state index contributed by atoms with van der Waals surface area (Å²) in [5, 5.41) is 1.51. The second kappa shape index (κ2) is 9.41. The molecule has 1 aromatic carbocycles. The van der Waals surface area contributed by atoms with E-state index in [0.29, 0.717) is 30.8 Å². The molecule has 0 saturated carbocycles. The van der Waals surface area contributed by atoms with E-state index in [-0.39, 0.29) is 5.88 Å². The van der Waals surface area contributed by atoms with Crippen LogP contribution in [0.5, 0.6) is 17.4 Å². The Bertz CT molecular complexity index is 760. The maximum absolute atomic E-state index is 12.5. The molecule has 6 nitrogen and oxygen atoms in total. The molecule has 1 atom stereocenters. The number of rotatable bonds is 8. The largest absolute Gasteiger partial charge is 0.479 e. The summed E-state index contributed by atoms with van der Waals surface area (Å²) in [7, 11) is 0. The van der Waals surface area contributed by atoms with Gasteiger partial charge >= 0.3 is 12.1 Å². The van der Waals surface area contributed by atoms with Gasteiger partial charge in [0.05, 0.1) is 5.56 Å². The van der Waals surface area contributed by atoms with Gasteiger partial charge in [0.15, 0.2) is 6.10 Å². The molecule has 0 saturated heterocycles. The SMILES string of the molecule is CCN(CC)OC(=O)C(C)Oc1ccc(Oc2ccc(C(F)(F)F)cn2)cc1. The zero-order valence-electron chi connectivity index (χ0n) is 15.7. The second-order valence-electron chi connectivity index (χ2n) is 5.74. The molecule has 0 amide bonds. The maximum Gasteiger partial charge on any atom is 0.417 e. The van der Waals surface area contributed by atoms with Gasteiger partial charge in [-0.3, -0.25) is 0 Å². The van der Waals surface area contributed by atoms with Gasteiger partial charge < -0.3 is 14.3 Å². The fourth-order valence-corrected chi connectivity index (χ4v) is 2.12. The maximum atomic E-state index is 12.5. The minimum atomic E-state index is -4.45. The lowest BCUT2D eigenvalue weighted by atomic mass is 10.3. The van der Waals surface area contributed by atoms with E-state index in [4.69, 9.17) is 14.3 Å². The van der Waals surface area contributed by atoms with Gasteiger partial charge in [-0.1, -0.05) is 0 Å². The smallest absolute Gasteiger partial charge is 0.417 e. The Balaban J connectivity index is 1.93. The summed E-state index contributed by atoms with van der Waals surface area (Å²) in [4.78, 5) is 20.8. The van der Waals surface area contributed by atoms with Crippen molar-refractivity contribution in [1.29, 1.82) is 0 Å². The summed E-state index contributed by atoms with van der Waals surface area (Å²) < 4.78 is 48.5. The molecular weight excluding hydrogens is 377 g/mol. The van der Waals surface area contributed by atoms with Gasteiger partial charge in [-0.2, -0.15) is 13.2 Å². The highest BCUT2D eigenvalue weighted by atomic mass is 19.4. The minimum absolute atomic E-state index is 0.0258. The van der Waals surface area contributed by atoms with E-state index >= 15 is 0 Å². The highest BCUT2D eigenvalue weighted by Crippen LogP contribution is 2.30. The number of carbonyl (C=O) groups is 1. The first-order valence-electron chi connectivity index (χ1n) is 8.67. The van der Waals surface area contributed by atoms with Crippen molar-refractivity contribution in [2.24, 2.45) is 0 Å². The summed E-state index contributed by atoms with van der Waals surface area (Å²) >= 11 is 0. The third-order valence-electron chi connectivity index (χ3n) is 3.68. The Morgan fingerprint density at radius 3 is 2.18 bits per heavy atom. The summed E-state index contributed by atoms with van der Waals surface area (Å²) in [6, 6.07) is 8.27. The molecule has 0 N–H and O–H groups in total. The van der Waals surface area contributed by atoms with E-state index in [1.54, 1.807) is 31.2 Å². The summed E-state index contributed by atoms with van der Waals surface area (Å²) in [6.07, 6.45) is -4.56. The number of ether oxygens (including phenoxy) is 2. The quantitative estimate of drug-likeness (QED) is 0.612. The fourth-order valence-electron chi connectivity index (χ4n) is 2.12. The molecule has 1 unspecified atom stereocenters. The van der Waals surface area contributed by atoms with Crippen LogP contribution in [0.15, 0.2) is 42.6 Å². The van der Waals surface area contributed by atoms with E-state index in [0.717, 1.165) is 12.1 Å². The fraction of sp³-hybridized carbons (Fsp3) is 0.368. The Kier molecular flexibility index (Phi) is 7.22. The first-order chi connectivity index (χ1) is 13.2. The van der Waals surface area contributed by atoms with E-state index in [2.05, 4.69) is 4.98 Å². The van der Waals surface area contributed by atoms with Crippen LogP contribution >= 0.6 is 0 Å². The van der Waals surface area contributed by atoms with Crippen LogP contribution < -0.4 is 9.47 Å². The Hall–Kier alpha value is -2.81. The molecule has 0 spiro atoms. The van der Waals surface area contributed by atoms with E-state index in [1.165, 1.54) is 5.06 Å². The van der Waals surface area contributed by atoms with Crippen LogP contribution in [0.25, 0.3) is 0 Å². The average Bonchev–Trinajstić information content (AvgIpc) is 2.67. The Morgan fingerprint density at radius 2 is 1.68 bits per heavy atom. The number of hydroxylamine groups is 2. The number of halogens is 3. The molecule has 1 heterocycles. The van der Waals surface area contributed by atoms with Crippen molar-refractivity contribution in [1.82, 2.24) is 10.0 Å². The highest BCUT2D eigenvalue weighted by molar-refractivity contribution is 5.74. The molecule has 9 heteroatoms. The van der Waals surface area contributed by atoms with Crippen LogP contribution in [0, 0.1) is 0 Å². The number of aromatic nitrogens is 1. The van der Waals surface area contributed by atoms with Crippen LogP contribution in [0.3, 0.4) is 0 Å². The van der Waals surface area contributed by atoms with Crippen molar-refractivity contribution in [3.8, 4) is 17.4 Å². The van der Waals surface area contributed by atoms with Crippen molar-refractivity contribution in [2.45, 2.75) is 33.1 Å². The second-order valence-corrected chi connectivity index (χ2v) is 5.74. The third-order valence-corrected chi connectivity index (χ3v) is 3.68. The van der Waals surface area contributed by atoms with E-state index < -0.39 is 23.8 Å². The lowest BCUT2D eigenvalue weighted by Gasteiger charge is -2.20. The molecule has 0 bridgehead atoms. The standard InChI is InChI=1S/C19H21F3N2O4/c1-4-24(5-2)28-18(25)13(3)26-15-7-9-16(10-8-15)27-17-11-6-14(12-23-17)19(20,21)22/h6-13H,4-5H2,1-3H3. The number of benzene rings is 1. The normalized spacial score (nSPS) is 12.5. The third kappa shape index (κ3) is 6.12. The Labute approximate surface area is 160 Å². The number of alkyl halides is 3. The topological polar surface area (TPSA) is 60.9 Å². The molecule has 0 aliphatic carbocycles. The highest BCUT2D eigenvalue weighted by Gasteiger charge is 2.30. The predicted molar refractivity (Wildman–Crippen MR) is 94.9 cm³/mol. The molecule has 2 aromatic rings. The molecular formula is C19H21F3N2O4. The first-order valence-corrected chi connectivity index (χ1v) is 8.67. The lowest BCUT2D eigenvalue weighted by Crippen LogP contribution is -2.34. The van der Waals surface area contributed by atoms with Gasteiger partial charge in [0.2, 0.25) is 5.88 Å². The molecule has 0 radical (unpaired) electrons. The van der Waals surface area contributed by atoms with E-state index in [1.807, 2.05) is 13.8 Å². The molecule has 0 aliphatic rings. The van der Waals surface area contributed by atoms with Gasteiger partial charge in [-0.25, -0.2) is 9.78 Å². The summed E-state index contributed by atoms with van der Waals surface area (Å²) in [5.74, 6) is 0.283. The zero-order valence-corrected chi connectivity index (χ0v) is 15.7. The molecule has 0 aliphatic heterocycles. The van der Waals surface area contributed by atoms with Gasteiger partial charge in [0.25, 0.3) is 0 Å². The monoisotopic (exact) mass is 398 g/mol. The number of carbonyl (C=O) groups excluding carboxylic acids is 1. The van der Waals surface area contributed by atoms with Gasteiger partial charge in [-0.15, -0.1) is 5.06 Å². The summed E-state index contributed by atoms with van der Waals surface area (Å²) in [6.45, 7) is 6.44. The number of hydrogen-bond donors (Lipinski definition) is 0. The first kappa shape index (κ1) is 21.5. The lowest BCUT2D eigenvalue weighted by molar-refractivity contribution is -0.196. The van der Waals surface area contributed by atoms with Gasteiger partial charge in [-0.05, 0) is 51.1 Å². The molecule has 2 rings (SSSR count). The van der Waals surface area contributed by atoms with Crippen LogP contribution in [-0.4, -0.2) is 35.2 Å². The van der Waals surface area contributed by atoms with Crippen molar-refractivity contribution in [3.05, 3.63) is 48.2 Å². The summed E-state index contributed by atoms with van der Waals surface area (Å²) in [5.41, 5.74) is -0.853. The zero-order chi connectivity index (χ0) is 20.7. The van der Waals surface area contributed by atoms with Crippen molar-refractivity contribution >= 4 is 5.97 Å². The van der Waals surface area contributed by atoms with Crippen LogP contribution in [-0.2, 0) is 15.8 Å².